The lowest BCUT2D eigenvalue weighted by molar-refractivity contribution is -0.126. The molecule has 6 nitrogen and oxygen atoms in total. The molecule has 32 heavy (non-hydrogen) atoms. The third kappa shape index (κ3) is 4.83. The molecular formula is C24H24ClFN4O2. The largest absolute Gasteiger partial charge is 0.342 e. The van der Waals surface area contributed by atoms with Crippen LogP contribution < -0.4 is 5.32 Å². The van der Waals surface area contributed by atoms with Gasteiger partial charge in [0.15, 0.2) is 0 Å². The van der Waals surface area contributed by atoms with Crippen LogP contribution in [0, 0.1) is 11.7 Å². The fraction of sp³-hybridized carbons (Fsp3) is 0.292. The fourth-order valence-corrected chi connectivity index (χ4v) is 4.14. The molecule has 8 heteroatoms. The quantitative estimate of drug-likeness (QED) is 0.634. The number of nitrogens with one attached hydrogen (secondary N) is 1. The standard InChI is InChI=1S/C24H24ClFN4O2/c1-29-14-12-27-22(29)21(16-4-8-19(25)9-5-16)28-23(31)18-3-2-13-30(15-18)24(32)17-6-10-20(26)11-7-17/h4-12,14,18,21H,2-3,13,15H2,1H3,(H,28,31)/t18-,21-/m1/s1. The maximum atomic E-state index is 13.2. The summed E-state index contributed by atoms with van der Waals surface area (Å²) < 4.78 is 15.1. The molecule has 3 aromatic rings. The predicted octanol–water partition coefficient (Wildman–Crippen LogP) is 3.97. The Labute approximate surface area is 191 Å². The highest BCUT2D eigenvalue weighted by Crippen LogP contribution is 2.25. The van der Waals surface area contributed by atoms with E-state index in [0.29, 0.717) is 35.9 Å². The molecule has 1 saturated heterocycles. The summed E-state index contributed by atoms with van der Waals surface area (Å²) in [7, 11) is 1.88. The summed E-state index contributed by atoms with van der Waals surface area (Å²) in [5, 5.41) is 3.73. The third-order valence-corrected chi connectivity index (χ3v) is 6.03. The second kappa shape index (κ2) is 9.53. The van der Waals surface area contributed by atoms with E-state index in [0.717, 1.165) is 12.0 Å². The van der Waals surface area contributed by atoms with E-state index in [1.165, 1.54) is 24.3 Å². The highest BCUT2D eigenvalue weighted by molar-refractivity contribution is 6.30. The van der Waals surface area contributed by atoms with Crippen LogP contribution in [-0.4, -0.2) is 39.4 Å². The first-order valence-electron chi connectivity index (χ1n) is 10.5. The number of hydrogen-bond donors (Lipinski definition) is 1. The minimum atomic E-state index is -0.442. The first kappa shape index (κ1) is 22.0. The molecule has 0 bridgehead atoms. The lowest BCUT2D eigenvalue weighted by atomic mass is 9.95. The van der Waals surface area contributed by atoms with Crippen molar-refractivity contribution in [2.75, 3.05) is 13.1 Å². The molecule has 4 rings (SSSR count). The van der Waals surface area contributed by atoms with Crippen LogP contribution in [0.15, 0.2) is 60.9 Å². The van der Waals surface area contributed by atoms with E-state index in [1.807, 2.05) is 29.9 Å². The van der Waals surface area contributed by atoms with Crippen molar-refractivity contribution in [1.82, 2.24) is 19.8 Å². The molecule has 1 fully saturated rings. The monoisotopic (exact) mass is 454 g/mol. The van der Waals surface area contributed by atoms with Crippen molar-refractivity contribution in [1.29, 1.82) is 0 Å². The van der Waals surface area contributed by atoms with Gasteiger partial charge >= 0.3 is 0 Å². The number of rotatable bonds is 5. The molecule has 2 heterocycles. The number of halogens is 2. The summed E-state index contributed by atoms with van der Waals surface area (Å²) >= 11 is 6.04. The van der Waals surface area contributed by atoms with E-state index < -0.39 is 6.04 Å². The van der Waals surface area contributed by atoms with Gasteiger partial charge in [-0.3, -0.25) is 9.59 Å². The van der Waals surface area contributed by atoms with Crippen LogP contribution >= 0.6 is 11.6 Å². The molecule has 1 aliphatic rings. The van der Waals surface area contributed by atoms with Crippen LogP contribution in [0.1, 0.15) is 40.6 Å². The lowest BCUT2D eigenvalue weighted by Crippen LogP contribution is -2.46. The fourth-order valence-electron chi connectivity index (χ4n) is 4.02. The molecular weight excluding hydrogens is 431 g/mol. The van der Waals surface area contributed by atoms with Gasteiger partial charge < -0.3 is 14.8 Å². The predicted molar refractivity (Wildman–Crippen MR) is 120 cm³/mol. The van der Waals surface area contributed by atoms with Gasteiger partial charge in [0.2, 0.25) is 5.91 Å². The van der Waals surface area contributed by atoms with Gasteiger partial charge in [0.05, 0.1) is 5.92 Å². The smallest absolute Gasteiger partial charge is 0.253 e. The summed E-state index contributed by atoms with van der Waals surface area (Å²) in [5.41, 5.74) is 1.28. The molecule has 0 aliphatic carbocycles. The molecule has 0 unspecified atom stereocenters. The summed E-state index contributed by atoms with van der Waals surface area (Å²) in [6, 6.07) is 12.3. The second-order valence-electron chi connectivity index (χ2n) is 7.99. The SMILES string of the molecule is Cn1ccnc1[C@H](NC(=O)[C@@H]1CCCN(C(=O)c2ccc(F)cc2)C1)c1ccc(Cl)cc1. The molecule has 1 aromatic heterocycles. The van der Waals surface area contributed by atoms with Crippen LogP contribution in [-0.2, 0) is 11.8 Å². The number of imidazole rings is 1. The summed E-state index contributed by atoms with van der Waals surface area (Å²) in [4.78, 5) is 32.2. The zero-order valence-electron chi connectivity index (χ0n) is 17.7. The zero-order valence-corrected chi connectivity index (χ0v) is 18.4. The number of aromatic nitrogens is 2. The maximum absolute atomic E-state index is 13.2. The normalized spacial score (nSPS) is 17.1. The van der Waals surface area contributed by atoms with E-state index in [9.17, 15) is 14.0 Å². The first-order chi connectivity index (χ1) is 15.4. The van der Waals surface area contributed by atoms with Gasteiger partial charge in [-0.2, -0.15) is 0 Å². The molecule has 1 aliphatic heterocycles. The van der Waals surface area contributed by atoms with Gasteiger partial charge in [0, 0.05) is 43.1 Å². The molecule has 1 N–H and O–H groups in total. The number of benzene rings is 2. The number of likely N-dealkylation sites (tertiary alicyclic amines) is 1. The number of nitrogens with zero attached hydrogens (tertiary/aromatic N) is 3. The minimum absolute atomic E-state index is 0.135. The lowest BCUT2D eigenvalue weighted by Gasteiger charge is -2.33. The van der Waals surface area contributed by atoms with Crippen molar-refractivity contribution < 1.29 is 14.0 Å². The van der Waals surface area contributed by atoms with Gasteiger partial charge in [-0.25, -0.2) is 9.37 Å². The van der Waals surface area contributed by atoms with Gasteiger partial charge in [-0.1, -0.05) is 23.7 Å². The minimum Gasteiger partial charge on any atom is -0.342 e. The molecule has 0 saturated carbocycles. The number of amides is 2. The first-order valence-corrected chi connectivity index (χ1v) is 10.9. The molecule has 2 atom stereocenters. The molecule has 0 radical (unpaired) electrons. The van der Waals surface area contributed by atoms with Gasteiger partial charge in [0.25, 0.3) is 5.91 Å². The Kier molecular flexibility index (Phi) is 6.55. The Bertz CT molecular complexity index is 1100. The maximum Gasteiger partial charge on any atom is 0.253 e. The Morgan fingerprint density at radius 3 is 2.53 bits per heavy atom. The van der Waals surface area contributed by atoms with Crippen molar-refractivity contribution in [2.45, 2.75) is 18.9 Å². The average molecular weight is 455 g/mol. The average Bonchev–Trinajstić information content (AvgIpc) is 3.23. The van der Waals surface area contributed by atoms with Crippen LogP contribution in [0.4, 0.5) is 4.39 Å². The van der Waals surface area contributed by atoms with Gasteiger partial charge in [-0.15, -0.1) is 0 Å². The highest BCUT2D eigenvalue weighted by atomic mass is 35.5. The van der Waals surface area contributed by atoms with Crippen LogP contribution in [0.3, 0.4) is 0 Å². The van der Waals surface area contributed by atoms with Crippen LogP contribution in [0.2, 0.25) is 5.02 Å². The number of hydrogen-bond acceptors (Lipinski definition) is 3. The summed E-state index contributed by atoms with van der Waals surface area (Å²) in [6.07, 6.45) is 4.92. The molecule has 166 valence electrons. The van der Waals surface area contributed by atoms with Crippen molar-refractivity contribution in [2.24, 2.45) is 13.0 Å². The van der Waals surface area contributed by atoms with Crippen LogP contribution in [0.25, 0.3) is 0 Å². The zero-order chi connectivity index (χ0) is 22.7. The van der Waals surface area contributed by atoms with Gasteiger partial charge in [-0.05, 0) is 54.8 Å². The van der Waals surface area contributed by atoms with Crippen molar-refractivity contribution in [3.05, 3.63) is 88.7 Å². The Morgan fingerprint density at radius 1 is 1.16 bits per heavy atom. The van der Waals surface area contributed by atoms with E-state index in [4.69, 9.17) is 11.6 Å². The van der Waals surface area contributed by atoms with E-state index >= 15 is 0 Å². The Balaban J connectivity index is 1.50. The topological polar surface area (TPSA) is 67.2 Å². The van der Waals surface area contributed by atoms with Crippen molar-refractivity contribution >= 4 is 23.4 Å². The highest BCUT2D eigenvalue weighted by Gasteiger charge is 2.31. The summed E-state index contributed by atoms with van der Waals surface area (Å²) in [5.74, 6) is -0.357. The van der Waals surface area contributed by atoms with E-state index in [2.05, 4.69) is 10.3 Å². The molecule has 2 amide bonds. The van der Waals surface area contributed by atoms with E-state index in [1.54, 1.807) is 23.2 Å². The van der Waals surface area contributed by atoms with Gasteiger partial charge in [0.1, 0.15) is 17.7 Å². The third-order valence-electron chi connectivity index (χ3n) is 5.78. The Morgan fingerprint density at radius 2 is 1.88 bits per heavy atom. The molecule has 0 spiro atoms. The van der Waals surface area contributed by atoms with E-state index in [-0.39, 0.29) is 23.5 Å². The number of aryl methyl sites for hydroxylation is 1. The Hall–Kier alpha value is -3.19. The van der Waals surface area contributed by atoms with Crippen molar-refractivity contribution in [3.8, 4) is 0 Å². The van der Waals surface area contributed by atoms with Crippen molar-refractivity contribution in [3.63, 3.8) is 0 Å². The number of carbonyl (C=O) groups excluding carboxylic acids is 2. The number of piperidine rings is 1. The number of carbonyl (C=O) groups is 2. The molecule has 2 aromatic carbocycles. The summed E-state index contributed by atoms with van der Waals surface area (Å²) in [6.45, 7) is 0.885. The van der Waals surface area contributed by atoms with Crippen LogP contribution in [0.5, 0.6) is 0 Å². The second-order valence-corrected chi connectivity index (χ2v) is 8.42.